The molecule has 0 aliphatic heterocycles. The van der Waals surface area contributed by atoms with E-state index in [-0.39, 0.29) is 0 Å². The lowest BCUT2D eigenvalue weighted by Crippen LogP contribution is -1.97. The molecule has 0 saturated carbocycles. The van der Waals surface area contributed by atoms with Crippen molar-refractivity contribution in [1.82, 2.24) is 9.97 Å². The van der Waals surface area contributed by atoms with Gasteiger partial charge in [-0.05, 0) is 74.3 Å². The Morgan fingerprint density at radius 3 is 1.37 bits per heavy atom. The zero-order chi connectivity index (χ0) is 27.3. The van der Waals surface area contributed by atoms with E-state index in [2.05, 4.69) is 146 Å². The van der Waals surface area contributed by atoms with E-state index in [4.69, 9.17) is 9.97 Å². The standard InChI is InChI=1S/C39H26N2/c1-25-11-10-14-28(21-25)39-40-37(35-22-26-12-2-4-15-29(26)31-17-6-8-19-33(31)35)24-38(41-39)36-23-27-13-3-5-16-30(27)32-18-7-9-20-34(32)36/h2-24H,1H3. The van der Waals surface area contributed by atoms with Crippen LogP contribution in [-0.4, -0.2) is 9.97 Å². The van der Waals surface area contributed by atoms with E-state index in [1.54, 1.807) is 0 Å². The average molecular weight is 523 g/mol. The summed E-state index contributed by atoms with van der Waals surface area (Å²) in [5, 5.41) is 9.75. The SMILES string of the molecule is Cc1cccc(-c2nc(-c3cc4ccccc4c4ccccc34)cc(-c3cc4ccccc4c4ccccc34)n2)c1. The molecule has 8 aromatic rings. The van der Waals surface area contributed by atoms with Crippen molar-refractivity contribution in [3.63, 3.8) is 0 Å². The predicted molar refractivity (Wildman–Crippen MR) is 173 cm³/mol. The van der Waals surface area contributed by atoms with Crippen LogP contribution in [0.3, 0.4) is 0 Å². The first-order valence-electron chi connectivity index (χ1n) is 14.0. The van der Waals surface area contributed by atoms with Gasteiger partial charge in [0.05, 0.1) is 11.4 Å². The van der Waals surface area contributed by atoms with E-state index in [0.29, 0.717) is 0 Å². The molecule has 1 heterocycles. The maximum absolute atomic E-state index is 5.23. The van der Waals surface area contributed by atoms with Crippen LogP contribution < -0.4 is 0 Å². The van der Waals surface area contributed by atoms with Crippen LogP contribution in [0.25, 0.3) is 77.0 Å². The highest BCUT2D eigenvalue weighted by Crippen LogP contribution is 2.39. The summed E-state index contributed by atoms with van der Waals surface area (Å²) < 4.78 is 0. The molecule has 0 bridgehead atoms. The molecule has 0 spiro atoms. The van der Waals surface area contributed by atoms with Gasteiger partial charge in [0.15, 0.2) is 5.82 Å². The van der Waals surface area contributed by atoms with Gasteiger partial charge in [-0.15, -0.1) is 0 Å². The molecule has 7 aromatic carbocycles. The molecule has 0 radical (unpaired) electrons. The zero-order valence-corrected chi connectivity index (χ0v) is 22.7. The molecule has 1 aromatic heterocycles. The van der Waals surface area contributed by atoms with Gasteiger partial charge < -0.3 is 0 Å². The quantitative estimate of drug-likeness (QED) is 0.216. The third-order valence-corrected chi connectivity index (χ3v) is 8.09. The summed E-state index contributed by atoms with van der Waals surface area (Å²) in [6.45, 7) is 2.11. The fourth-order valence-electron chi connectivity index (χ4n) is 6.17. The molecule has 2 nitrogen and oxygen atoms in total. The highest BCUT2D eigenvalue weighted by atomic mass is 14.9. The van der Waals surface area contributed by atoms with Gasteiger partial charge in [-0.1, -0.05) is 121 Å². The highest BCUT2D eigenvalue weighted by Gasteiger charge is 2.16. The molecule has 0 unspecified atom stereocenters. The summed E-state index contributed by atoms with van der Waals surface area (Å²) in [6.07, 6.45) is 0. The molecule has 192 valence electrons. The second kappa shape index (κ2) is 9.39. The molecule has 0 aliphatic rings. The Labute approximate surface area is 238 Å². The Morgan fingerprint density at radius 1 is 0.390 bits per heavy atom. The maximum atomic E-state index is 5.23. The van der Waals surface area contributed by atoms with Gasteiger partial charge in [-0.3, -0.25) is 0 Å². The van der Waals surface area contributed by atoms with Crippen molar-refractivity contribution in [3.8, 4) is 33.9 Å². The molecule has 8 rings (SSSR count). The smallest absolute Gasteiger partial charge is 0.160 e. The van der Waals surface area contributed by atoms with Crippen molar-refractivity contribution in [2.45, 2.75) is 6.92 Å². The number of aromatic nitrogens is 2. The largest absolute Gasteiger partial charge is 0.228 e. The van der Waals surface area contributed by atoms with Gasteiger partial charge in [0.1, 0.15) is 0 Å². The first kappa shape index (κ1) is 23.5. The second-order valence-electron chi connectivity index (χ2n) is 10.7. The molecular weight excluding hydrogens is 496 g/mol. The number of nitrogens with zero attached hydrogens (tertiary/aromatic N) is 2. The fourth-order valence-corrected chi connectivity index (χ4v) is 6.17. The average Bonchev–Trinajstić information content (AvgIpc) is 3.04. The Kier molecular flexibility index (Phi) is 5.39. The van der Waals surface area contributed by atoms with E-state index in [9.17, 15) is 0 Å². The van der Waals surface area contributed by atoms with Crippen LogP contribution in [-0.2, 0) is 0 Å². The van der Waals surface area contributed by atoms with Gasteiger partial charge in [0.2, 0.25) is 0 Å². The van der Waals surface area contributed by atoms with Crippen LogP contribution >= 0.6 is 0 Å². The fraction of sp³-hybridized carbons (Fsp3) is 0.0256. The molecule has 41 heavy (non-hydrogen) atoms. The topological polar surface area (TPSA) is 25.8 Å². The van der Waals surface area contributed by atoms with Crippen LogP contribution in [0.5, 0.6) is 0 Å². The predicted octanol–water partition coefficient (Wildman–Crippen LogP) is 10.4. The van der Waals surface area contributed by atoms with Crippen LogP contribution in [0.15, 0.2) is 140 Å². The van der Waals surface area contributed by atoms with Crippen LogP contribution in [0.2, 0.25) is 0 Å². The molecule has 0 amide bonds. The van der Waals surface area contributed by atoms with Crippen molar-refractivity contribution < 1.29 is 0 Å². The lowest BCUT2D eigenvalue weighted by Gasteiger charge is -2.15. The Balaban J connectivity index is 1.48. The zero-order valence-electron chi connectivity index (χ0n) is 22.7. The van der Waals surface area contributed by atoms with Crippen molar-refractivity contribution in [2.75, 3.05) is 0 Å². The Morgan fingerprint density at radius 2 is 0.854 bits per heavy atom. The van der Waals surface area contributed by atoms with Crippen molar-refractivity contribution in [1.29, 1.82) is 0 Å². The van der Waals surface area contributed by atoms with Gasteiger partial charge in [0.25, 0.3) is 0 Å². The normalized spacial score (nSPS) is 11.5. The van der Waals surface area contributed by atoms with Crippen molar-refractivity contribution in [2.24, 2.45) is 0 Å². The summed E-state index contributed by atoms with van der Waals surface area (Å²) >= 11 is 0. The molecule has 0 fully saturated rings. The summed E-state index contributed by atoms with van der Waals surface area (Å²) in [5.41, 5.74) is 6.27. The Bertz CT molecular complexity index is 2140. The molecule has 0 aliphatic carbocycles. The third kappa shape index (κ3) is 3.96. The summed E-state index contributed by atoms with van der Waals surface area (Å²) in [4.78, 5) is 10.5. The number of aryl methyl sites for hydroxylation is 1. The number of benzene rings is 7. The lowest BCUT2D eigenvalue weighted by molar-refractivity contribution is 1.18. The summed E-state index contributed by atoms with van der Waals surface area (Å²) in [7, 11) is 0. The lowest BCUT2D eigenvalue weighted by atomic mass is 9.93. The van der Waals surface area contributed by atoms with Crippen LogP contribution in [0.4, 0.5) is 0 Å². The minimum atomic E-state index is 0.732. The Hall–Kier alpha value is -5.34. The number of rotatable bonds is 3. The number of hydrogen-bond acceptors (Lipinski definition) is 2. The van der Waals surface area contributed by atoms with E-state index in [0.717, 1.165) is 33.9 Å². The molecule has 0 atom stereocenters. The van der Waals surface area contributed by atoms with Gasteiger partial charge in [-0.25, -0.2) is 9.97 Å². The number of hydrogen-bond donors (Lipinski definition) is 0. The first-order valence-corrected chi connectivity index (χ1v) is 14.0. The molecule has 0 saturated heterocycles. The number of fused-ring (bicyclic) bond motifs is 6. The minimum Gasteiger partial charge on any atom is -0.228 e. The first-order chi connectivity index (χ1) is 20.2. The van der Waals surface area contributed by atoms with Crippen molar-refractivity contribution >= 4 is 43.1 Å². The monoisotopic (exact) mass is 522 g/mol. The highest BCUT2D eigenvalue weighted by molar-refractivity contribution is 6.15. The molecular formula is C39H26N2. The van der Waals surface area contributed by atoms with Gasteiger partial charge >= 0.3 is 0 Å². The molecule has 2 heteroatoms. The van der Waals surface area contributed by atoms with E-state index in [1.807, 2.05) is 0 Å². The van der Waals surface area contributed by atoms with Gasteiger partial charge in [-0.2, -0.15) is 0 Å². The summed E-state index contributed by atoms with van der Waals surface area (Å²) in [6, 6.07) is 49.7. The maximum Gasteiger partial charge on any atom is 0.160 e. The second-order valence-corrected chi connectivity index (χ2v) is 10.7. The third-order valence-electron chi connectivity index (χ3n) is 8.09. The molecule has 0 N–H and O–H groups in total. The van der Waals surface area contributed by atoms with E-state index in [1.165, 1.54) is 48.7 Å². The van der Waals surface area contributed by atoms with Crippen LogP contribution in [0, 0.1) is 6.92 Å². The van der Waals surface area contributed by atoms with Crippen LogP contribution in [0.1, 0.15) is 5.56 Å². The minimum absolute atomic E-state index is 0.732. The van der Waals surface area contributed by atoms with Crippen molar-refractivity contribution in [3.05, 3.63) is 145 Å². The van der Waals surface area contributed by atoms with Gasteiger partial charge in [0, 0.05) is 16.7 Å². The van der Waals surface area contributed by atoms with E-state index >= 15 is 0 Å². The summed E-state index contributed by atoms with van der Waals surface area (Å²) in [5.74, 6) is 0.732. The van der Waals surface area contributed by atoms with E-state index < -0.39 is 0 Å².